The highest BCUT2D eigenvalue weighted by atomic mass is 127. The number of hydrogen-bond donors (Lipinski definition) is 2. The molecule has 3 rings (SSSR count). The van der Waals surface area contributed by atoms with Crippen molar-refractivity contribution in [2.75, 3.05) is 50.7 Å². The third kappa shape index (κ3) is 8.53. The maximum atomic E-state index is 5.77. The lowest BCUT2D eigenvalue weighted by Crippen LogP contribution is -2.31. The number of nitrogens with one attached hydrogen (secondary N) is 2. The summed E-state index contributed by atoms with van der Waals surface area (Å²) in [5.41, 5.74) is 2.11. The molecule has 1 aliphatic rings. The SMILES string of the molecule is CN=C(NCc1ccnc(N2CCCCC2)c1)Nc1cccc(OCCCOC)c1.I. The molecule has 7 nitrogen and oxygen atoms in total. The van der Waals surface area contributed by atoms with Crippen LogP contribution in [0.1, 0.15) is 31.2 Å². The first-order valence-electron chi connectivity index (χ1n) is 10.7. The zero-order valence-corrected chi connectivity index (χ0v) is 20.8. The second-order valence-corrected chi connectivity index (χ2v) is 7.34. The molecule has 0 amide bonds. The molecule has 1 saturated heterocycles. The van der Waals surface area contributed by atoms with Gasteiger partial charge in [-0.15, -0.1) is 24.0 Å². The lowest BCUT2D eigenvalue weighted by Gasteiger charge is -2.28. The molecule has 1 aromatic carbocycles. The quantitative estimate of drug-likeness (QED) is 0.215. The fraction of sp³-hybridized carbons (Fsp3) is 0.478. The lowest BCUT2D eigenvalue weighted by molar-refractivity contribution is 0.172. The number of pyridine rings is 1. The van der Waals surface area contributed by atoms with E-state index >= 15 is 0 Å². The van der Waals surface area contributed by atoms with Crippen molar-refractivity contribution in [1.29, 1.82) is 0 Å². The predicted molar refractivity (Wildman–Crippen MR) is 138 cm³/mol. The minimum absolute atomic E-state index is 0. The molecule has 0 aliphatic carbocycles. The van der Waals surface area contributed by atoms with E-state index in [1.54, 1.807) is 14.2 Å². The summed E-state index contributed by atoms with van der Waals surface area (Å²) < 4.78 is 10.8. The van der Waals surface area contributed by atoms with Crippen LogP contribution >= 0.6 is 24.0 Å². The molecule has 0 saturated carbocycles. The minimum Gasteiger partial charge on any atom is -0.493 e. The molecule has 0 bridgehead atoms. The van der Waals surface area contributed by atoms with Crippen LogP contribution in [0.25, 0.3) is 0 Å². The number of piperidine rings is 1. The summed E-state index contributed by atoms with van der Waals surface area (Å²) in [4.78, 5) is 11.3. The molecule has 31 heavy (non-hydrogen) atoms. The number of ether oxygens (including phenoxy) is 2. The van der Waals surface area contributed by atoms with Crippen molar-refractivity contribution in [3.63, 3.8) is 0 Å². The number of methoxy groups -OCH3 is 1. The van der Waals surface area contributed by atoms with Gasteiger partial charge in [-0.25, -0.2) is 4.98 Å². The molecular weight excluding hydrogens is 505 g/mol. The van der Waals surface area contributed by atoms with Gasteiger partial charge < -0.3 is 25.0 Å². The summed E-state index contributed by atoms with van der Waals surface area (Å²) in [7, 11) is 3.47. The van der Waals surface area contributed by atoms with Crippen molar-refractivity contribution in [1.82, 2.24) is 10.3 Å². The van der Waals surface area contributed by atoms with Gasteiger partial charge in [0.25, 0.3) is 0 Å². The molecule has 0 radical (unpaired) electrons. The summed E-state index contributed by atoms with van der Waals surface area (Å²) in [5.74, 6) is 2.60. The highest BCUT2D eigenvalue weighted by Crippen LogP contribution is 2.19. The van der Waals surface area contributed by atoms with Crippen molar-refractivity contribution in [3.05, 3.63) is 48.2 Å². The minimum atomic E-state index is 0. The Morgan fingerprint density at radius 3 is 2.74 bits per heavy atom. The molecule has 0 atom stereocenters. The van der Waals surface area contributed by atoms with Crippen LogP contribution in [-0.4, -0.2) is 51.4 Å². The number of aromatic nitrogens is 1. The number of guanidine groups is 1. The number of aliphatic imine (C=N–C) groups is 1. The number of nitrogens with zero attached hydrogens (tertiary/aromatic N) is 3. The topological polar surface area (TPSA) is 71.0 Å². The normalized spacial score (nSPS) is 14.0. The Morgan fingerprint density at radius 2 is 1.97 bits per heavy atom. The molecule has 2 aromatic rings. The molecule has 2 heterocycles. The fourth-order valence-corrected chi connectivity index (χ4v) is 3.43. The van der Waals surface area contributed by atoms with Gasteiger partial charge in [0.1, 0.15) is 11.6 Å². The molecule has 1 aliphatic heterocycles. The van der Waals surface area contributed by atoms with Crippen LogP contribution in [0.4, 0.5) is 11.5 Å². The fourth-order valence-electron chi connectivity index (χ4n) is 3.43. The number of anilines is 2. The first-order valence-corrected chi connectivity index (χ1v) is 10.7. The molecule has 2 N–H and O–H groups in total. The van der Waals surface area contributed by atoms with Crippen molar-refractivity contribution >= 4 is 41.4 Å². The van der Waals surface area contributed by atoms with Crippen LogP contribution in [0.5, 0.6) is 5.75 Å². The first-order chi connectivity index (χ1) is 14.8. The first kappa shape index (κ1) is 25.2. The van der Waals surface area contributed by atoms with Gasteiger partial charge in [-0.3, -0.25) is 4.99 Å². The number of halogens is 1. The Labute approximate surface area is 202 Å². The van der Waals surface area contributed by atoms with Gasteiger partial charge in [0, 0.05) is 64.8 Å². The molecular formula is C23H34IN5O2. The Balaban J connectivity index is 0.00000341. The van der Waals surface area contributed by atoms with Crippen LogP contribution in [0.3, 0.4) is 0 Å². The maximum absolute atomic E-state index is 5.77. The second-order valence-electron chi connectivity index (χ2n) is 7.34. The summed E-state index contributed by atoms with van der Waals surface area (Å²) in [5, 5.41) is 6.71. The third-order valence-electron chi connectivity index (χ3n) is 5.03. The Bertz CT molecular complexity index is 812. The number of benzene rings is 1. The van der Waals surface area contributed by atoms with Gasteiger partial charge in [0.05, 0.1) is 6.61 Å². The Kier molecular flexibility index (Phi) is 11.4. The molecule has 1 aromatic heterocycles. The van der Waals surface area contributed by atoms with Crippen molar-refractivity contribution in [2.24, 2.45) is 4.99 Å². The van der Waals surface area contributed by atoms with Gasteiger partial charge in [-0.1, -0.05) is 6.07 Å². The van der Waals surface area contributed by atoms with Crippen LogP contribution in [0.2, 0.25) is 0 Å². The highest BCUT2D eigenvalue weighted by molar-refractivity contribution is 14.0. The highest BCUT2D eigenvalue weighted by Gasteiger charge is 2.12. The van der Waals surface area contributed by atoms with E-state index < -0.39 is 0 Å². The molecule has 0 spiro atoms. The zero-order chi connectivity index (χ0) is 21.0. The third-order valence-corrected chi connectivity index (χ3v) is 5.03. The Morgan fingerprint density at radius 1 is 1.13 bits per heavy atom. The van der Waals surface area contributed by atoms with Gasteiger partial charge in [-0.05, 0) is 49.1 Å². The van der Waals surface area contributed by atoms with Crippen LogP contribution in [0.15, 0.2) is 47.6 Å². The smallest absolute Gasteiger partial charge is 0.195 e. The van der Waals surface area contributed by atoms with Gasteiger partial charge in [0.2, 0.25) is 0 Å². The van der Waals surface area contributed by atoms with E-state index in [1.165, 1.54) is 24.8 Å². The summed E-state index contributed by atoms with van der Waals surface area (Å²) in [6.45, 7) is 4.19. The lowest BCUT2D eigenvalue weighted by atomic mass is 10.1. The number of rotatable bonds is 9. The van der Waals surface area contributed by atoms with Crippen LogP contribution in [-0.2, 0) is 11.3 Å². The summed E-state index contributed by atoms with van der Waals surface area (Å²) >= 11 is 0. The van der Waals surface area contributed by atoms with Crippen LogP contribution < -0.4 is 20.3 Å². The Hall–Kier alpha value is -2.07. The molecule has 1 fully saturated rings. The van der Waals surface area contributed by atoms with Gasteiger partial charge in [0.15, 0.2) is 5.96 Å². The van der Waals surface area contributed by atoms with E-state index in [2.05, 4.69) is 31.6 Å². The standard InChI is InChI=1S/C23H33N5O2.HI/c1-24-23(27-20-8-6-9-21(17-20)30-15-7-14-29-2)26-18-19-10-11-25-22(16-19)28-12-4-3-5-13-28;/h6,8-11,16-17H,3-5,7,12-15,18H2,1-2H3,(H2,24,26,27);1H. The van der Waals surface area contributed by atoms with E-state index in [0.717, 1.165) is 36.8 Å². The van der Waals surface area contributed by atoms with Crippen LogP contribution in [0, 0.1) is 0 Å². The summed E-state index contributed by atoms with van der Waals surface area (Å²) in [6, 6.07) is 12.1. The predicted octanol–water partition coefficient (Wildman–Crippen LogP) is 4.29. The van der Waals surface area contributed by atoms with E-state index in [1.807, 2.05) is 36.5 Å². The zero-order valence-electron chi connectivity index (χ0n) is 18.5. The van der Waals surface area contributed by atoms with E-state index in [9.17, 15) is 0 Å². The van der Waals surface area contributed by atoms with E-state index in [0.29, 0.717) is 25.7 Å². The van der Waals surface area contributed by atoms with Crippen molar-refractivity contribution < 1.29 is 9.47 Å². The average Bonchev–Trinajstić information content (AvgIpc) is 2.80. The maximum Gasteiger partial charge on any atom is 0.195 e. The summed E-state index contributed by atoms with van der Waals surface area (Å²) in [6.07, 6.45) is 6.56. The second kappa shape index (κ2) is 14.1. The monoisotopic (exact) mass is 539 g/mol. The average molecular weight is 539 g/mol. The molecule has 0 unspecified atom stereocenters. The van der Waals surface area contributed by atoms with Crippen molar-refractivity contribution in [3.8, 4) is 5.75 Å². The largest absolute Gasteiger partial charge is 0.493 e. The van der Waals surface area contributed by atoms with Gasteiger partial charge in [-0.2, -0.15) is 0 Å². The molecule has 8 heteroatoms. The number of hydrogen-bond acceptors (Lipinski definition) is 5. The van der Waals surface area contributed by atoms with Gasteiger partial charge >= 0.3 is 0 Å². The van der Waals surface area contributed by atoms with Crippen molar-refractivity contribution in [2.45, 2.75) is 32.2 Å². The van der Waals surface area contributed by atoms with E-state index in [4.69, 9.17) is 9.47 Å². The van der Waals surface area contributed by atoms with E-state index in [-0.39, 0.29) is 24.0 Å². The molecule has 170 valence electrons.